The summed E-state index contributed by atoms with van der Waals surface area (Å²) in [5.74, 6) is -1.04. The molecule has 1 unspecified atom stereocenters. The summed E-state index contributed by atoms with van der Waals surface area (Å²) in [6.07, 6.45) is 0. The van der Waals surface area contributed by atoms with Crippen molar-refractivity contribution in [2.75, 3.05) is 14.2 Å². The van der Waals surface area contributed by atoms with Crippen molar-refractivity contribution in [2.24, 2.45) is 0 Å². The van der Waals surface area contributed by atoms with Gasteiger partial charge >= 0.3 is 5.97 Å². The van der Waals surface area contributed by atoms with Crippen LogP contribution in [0.1, 0.15) is 33.1 Å². The summed E-state index contributed by atoms with van der Waals surface area (Å²) in [7, 11) is 2.89. The minimum atomic E-state index is -1.16. The van der Waals surface area contributed by atoms with Crippen LogP contribution in [0.2, 0.25) is 0 Å². The summed E-state index contributed by atoms with van der Waals surface area (Å²) >= 11 is 0. The van der Waals surface area contributed by atoms with Crippen molar-refractivity contribution in [3.63, 3.8) is 0 Å². The molecule has 1 amide bonds. The molecular formula is C19H21NO5. The van der Waals surface area contributed by atoms with E-state index in [0.29, 0.717) is 11.3 Å². The predicted molar refractivity (Wildman–Crippen MR) is 93.3 cm³/mol. The van der Waals surface area contributed by atoms with E-state index in [4.69, 9.17) is 9.47 Å². The SMILES string of the molecule is COc1cccc(C(=O)NC(C(=O)O)c2ccc(C)c(C)c2)c1OC. The number of carbonyl (C=O) groups is 2. The van der Waals surface area contributed by atoms with E-state index >= 15 is 0 Å². The predicted octanol–water partition coefficient (Wildman–Crippen LogP) is 2.88. The largest absolute Gasteiger partial charge is 0.493 e. The van der Waals surface area contributed by atoms with Gasteiger partial charge in [0, 0.05) is 0 Å². The van der Waals surface area contributed by atoms with E-state index in [2.05, 4.69) is 5.32 Å². The van der Waals surface area contributed by atoms with Crippen molar-refractivity contribution in [1.29, 1.82) is 0 Å². The van der Waals surface area contributed by atoms with Crippen LogP contribution in [0.3, 0.4) is 0 Å². The second-order valence-electron chi connectivity index (χ2n) is 5.63. The highest BCUT2D eigenvalue weighted by atomic mass is 16.5. The Morgan fingerprint density at radius 1 is 1.04 bits per heavy atom. The highest BCUT2D eigenvalue weighted by Gasteiger charge is 2.25. The first-order valence-corrected chi connectivity index (χ1v) is 7.70. The number of nitrogens with one attached hydrogen (secondary N) is 1. The smallest absolute Gasteiger partial charge is 0.330 e. The van der Waals surface area contributed by atoms with Crippen LogP contribution in [0.25, 0.3) is 0 Å². The van der Waals surface area contributed by atoms with E-state index in [0.717, 1.165) is 11.1 Å². The van der Waals surface area contributed by atoms with E-state index in [1.807, 2.05) is 19.9 Å². The number of carbonyl (C=O) groups excluding carboxylic acids is 1. The topological polar surface area (TPSA) is 84.9 Å². The van der Waals surface area contributed by atoms with Crippen molar-refractivity contribution in [3.8, 4) is 11.5 Å². The molecule has 0 fully saturated rings. The lowest BCUT2D eigenvalue weighted by atomic mass is 10.0. The molecule has 0 heterocycles. The third-order valence-electron chi connectivity index (χ3n) is 4.03. The Kier molecular flexibility index (Phi) is 5.64. The Morgan fingerprint density at radius 2 is 1.76 bits per heavy atom. The number of para-hydroxylation sites is 1. The van der Waals surface area contributed by atoms with Gasteiger partial charge in [-0.15, -0.1) is 0 Å². The van der Waals surface area contributed by atoms with Crippen LogP contribution in [-0.4, -0.2) is 31.2 Å². The summed E-state index contributed by atoms with van der Waals surface area (Å²) < 4.78 is 10.4. The first-order valence-electron chi connectivity index (χ1n) is 7.70. The number of carboxylic acid groups (broad SMARTS) is 1. The van der Waals surface area contributed by atoms with Gasteiger partial charge in [-0.25, -0.2) is 4.79 Å². The van der Waals surface area contributed by atoms with Gasteiger partial charge in [-0.3, -0.25) is 4.79 Å². The molecule has 25 heavy (non-hydrogen) atoms. The number of benzene rings is 2. The van der Waals surface area contributed by atoms with Gasteiger partial charge in [-0.1, -0.05) is 24.3 Å². The molecular weight excluding hydrogens is 322 g/mol. The molecule has 0 aliphatic carbocycles. The summed E-state index contributed by atoms with van der Waals surface area (Å²) in [6.45, 7) is 3.83. The molecule has 2 aromatic rings. The lowest BCUT2D eigenvalue weighted by Gasteiger charge is -2.18. The zero-order valence-electron chi connectivity index (χ0n) is 14.6. The molecule has 132 valence electrons. The monoisotopic (exact) mass is 343 g/mol. The van der Waals surface area contributed by atoms with Crippen molar-refractivity contribution >= 4 is 11.9 Å². The van der Waals surface area contributed by atoms with Gasteiger partial charge in [0.15, 0.2) is 17.5 Å². The van der Waals surface area contributed by atoms with Gasteiger partial charge < -0.3 is 19.9 Å². The maximum Gasteiger partial charge on any atom is 0.330 e. The zero-order valence-corrected chi connectivity index (χ0v) is 14.6. The molecule has 0 saturated heterocycles. The molecule has 0 saturated carbocycles. The molecule has 0 aromatic heterocycles. The average molecular weight is 343 g/mol. The number of methoxy groups -OCH3 is 2. The molecule has 0 aliphatic heterocycles. The number of amides is 1. The van der Waals surface area contributed by atoms with Crippen molar-refractivity contribution in [2.45, 2.75) is 19.9 Å². The molecule has 6 heteroatoms. The number of rotatable bonds is 6. The summed E-state index contributed by atoms with van der Waals surface area (Å²) in [4.78, 5) is 24.3. The first kappa shape index (κ1) is 18.3. The Morgan fingerprint density at radius 3 is 2.32 bits per heavy atom. The van der Waals surface area contributed by atoms with Crippen LogP contribution in [0, 0.1) is 13.8 Å². The van der Waals surface area contributed by atoms with Crippen molar-refractivity contribution < 1.29 is 24.2 Å². The lowest BCUT2D eigenvalue weighted by Crippen LogP contribution is -2.34. The molecule has 2 N–H and O–H groups in total. The number of ether oxygens (including phenoxy) is 2. The fraction of sp³-hybridized carbons (Fsp3) is 0.263. The summed E-state index contributed by atoms with van der Waals surface area (Å²) in [6, 6.07) is 8.98. The van der Waals surface area contributed by atoms with Crippen LogP contribution < -0.4 is 14.8 Å². The second kappa shape index (κ2) is 7.70. The van der Waals surface area contributed by atoms with E-state index in [1.54, 1.807) is 30.3 Å². The minimum absolute atomic E-state index is 0.205. The van der Waals surface area contributed by atoms with Crippen molar-refractivity contribution in [3.05, 3.63) is 58.7 Å². The van der Waals surface area contributed by atoms with Crippen LogP contribution in [-0.2, 0) is 4.79 Å². The second-order valence-corrected chi connectivity index (χ2v) is 5.63. The Labute approximate surface area is 146 Å². The highest BCUT2D eigenvalue weighted by molar-refractivity contribution is 5.99. The fourth-order valence-corrected chi connectivity index (χ4v) is 2.51. The average Bonchev–Trinajstić information content (AvgIpc) is 2.60. The third-order valence-corrected chi connectivity index (χ3v) is 4.03. The number of hydrogen-bond acceptors (Lipinski definition) is 4. The molecule has 0 bridgehead atoms. The molecule has 2 rings (SSSR count). The number of hydrogen-bond donors (Lipinski definition) is 2. The van der Waals surface area contributed by atoms with Gasteiger partial charge in [0.1, 0.15) is 0 Å². The quantitative estimate of drug-likeness (QED) is 0.842. The molecule has 0 spiro atoms. The molecule has 0 aliphatic rings. The van der Waals surface area contributed by atoms with Gasteiger partial charge in [0.2, 0.25) is 0 Å². The molecule has 2 aromatic carbocycles. The standard InChI is InChI=1S/C19H21NO5/c1-11-8-9-13(10-12(11)2)16(19(22)23)20-18(21)14-6-5-7-15(24-3)17(14)25-4/h5-10,16H,1-4H3,(H,20,21)(H,22,23). The maximum atomic E-state index is 12.6. The Hall–Kier alpha value is -3.02. The fourth-order valence-electron chi connectivity index (χ4n) is 2.51. The first-order chi connectivity index (χ1) is 11.9. The zero-order chi connectivity index (χ0) is 18.6. The maximum absolute atomic E-state index is 12.6. The van der Waals surface area contributed by atoms with Crippen LogP contribution in [0.4, 0.5) is 0 Å². The van der Waals surface area contributed by atoms with Gasteiger partial charge in [0.05, 0.1) is 19.8 Å². The van der Waals surface area contributed by atoms with E-state index in [1.165, 1.54) is 14.2 Å². The number of carboxylic acids is 1. The van der Waals surface area contributed by atoms with Gasteiger partial charge in [0.25, 0.3) is 5.91 Å². The molecule has 0 radical (unpaired) electrons. The van der Waals surface area contributed by atoms with Gasteiger partial charge in [-0.2, -0.15) is 0 Å². The Balaban J connectivity index is 2.36. The Bertz CT molecular complexity index is 800. The number of aryl methyl sites for hydroxylation is 2. The highest BCUT2D eigenvalue weighted by Crippen LogP contribution is 2.31. The third kappa shape index (κ3) is 3.91. The van der Waals surface area contributed by atoms with E-state index in [9.17, 15) is 14.7 Å². The van der Waals surface area contributed by atoms with E-state index < -0.39 is 17.9 Å². The molecule has 6 nitrogen and oxygen atoms in total. The minimum Gasteiger partial charge on any atom is -0.493 e. The van der Waals surface area contributed by atoms with Crippen LogP contribution >= 0.6 is 0 Å². The molecule has 1 atom stereocenters. The number of aliphatic carboxylic acids is 1. The van der Waals surface area contributed by atoms with E-state index in [-0.39, 0.29) is 11.3 Å². The summed E-state index contributed by atoms with van der Waals surface area (Å²) in [5, 5.41) is 12.1. The van der Waals surface area contributed by atoms with Crippen LogP contribution in [0.15, 0.2) is 36.4 Å². The van der Waals surface area contributed by atoms with Gasteiger partial charge in [-0.05, 0) is 42.7 Å². The summed E-state index contributed by atoms with van der Waals surface area (Å²) in [5.41, 5.74) is 2.72. The normalized spacial score (nSPS) is 11.5. The van der Waals surface area contributed by atoms with Crippen molar-refractivity contribution in [1.82, 2.24) is 5.32 Å². The lowest BCUT2D eigenvalue weighted by molar-refractivity contribution is -0.139. The van der Waals surface area contributed by atoms with Crippen LogP contribution in [0.5, 0.6) is 11.5 Å².